The van der Waals surface area contributed by atoms with E-state index in [0.717, 1.165) is 0 Å². The lowest BCUT2D eigenvalue weighted by Gasteiger charge is -2.23. The fraction of sp³-hybridized carbons (Fsp3) is 0.889. The van der Waals surface area contributed by atoms with Crippen LogP contribution in [0.4, 0.5) is 0 Å². The maximum absolute atomic E-state index is 11.2. The Morgan fingerprint density at radius 3 is 1.69 bits per heavy atom. The predicted molar refractivity (Wildman–Crippen MR) is 53.5 cm³/mol. The van der Waals surface area contributed by atoms with Gasteiger partial charge in [0, 0.05) is 5.54 Å². The molecule has 13 heavy (non-hydrogen) atoms. The van der Waals surface area contributed by atoms with Crippen LogP contribution >= 0.6 is 0 Å². The first kappa shape index (κ1) is 14.9. The van der Waals surface area contributed by atoms with E-state index in [-0.39, 0.29) is 17.7 Å². The fourth-order valence-corrected chi connectivity index (χ4v) is 0.353. The van der Waals surface area contributed by atoms with Crippen molar-refractivity contribution in [2.75, 3.05) is 0 Å². The fourth-order valence-electron chi connectivity index (χ4n) is 0.353. The molecule has 4 heteroatoms. The Morgan fingerprint density at radius 2 is 1.46 bits per heavy atom. The van der Waals surface area contributed by atoms with Crippen LogP contribution in [-0.4, -0.2) is 11.5 Å². The third-order valence-electron chi connectivity index (χ3n) is 1.06. The highest BCUT2D eigenvalue weighted by Crippen LogP contribution is 2.14. The van der Waals surface area contributed by atoms with Crippen LogP contribution in [0.25, 0.3) is 0 Å². The van der Waals surface area contributed by atoms with Crippen LogP contribution in [0.5, 0.6) is 0 Å². The number of nitrogens with one attached hydrogen (secondary N) is 1. The molecule has 0 aliphatic carbocycles. The summed E-state index contributed by atoms with van der Waals surface area (Å²) in [4.78, 5) is 16.1. The highest BCUT2D eigenvalue weighted by molar-refractivity contribution is 5.75. The van der Waals surface area contributed by atoms with Crippen molar-refractivity contribution in [1.29, 1.82) is 0 Å². The molecule has 0 radical (unpaired) electrons. The summed E-state index contributed by atoms with van der Waals surface area (Å²) in [5.74, 6) is -0.238. The Kier molecular flexibility index (Phi) is 5.24. The molecule has 0 heterocycles. The van der Waals surface area contributed by atoms with Gasteiger partial charge in [0.1, 0.15) is 0 Å². The Hall–Kier alpha value is -0.610. The first-order chi connectivity index (χ1) is 5.13. The van der Waals surface area contributed by atoms with Gasteiger partial charge in [-0.2, -0.15) is 0 Å². The van der Waals surface area contributed by atoms with E-state index in [9.17, 15) is 4.79 Å². The summed E-state index contributed by atoms with van der Waals surface area (Å²) < 4.78 is 0. The minimum atomic E-state index is -0.446. The number of carbonyl (C=O) groups is 1. The van der Waals surface area contributed by atoms with Gasteiger partial charge < -0.3 is 11.0 Å². The van der Waals surface area contributed by atoms with Crippen molar-refractivity contribution in [3.63, 3.8) is 0 Å². The molecule has 0 saturated carbocycles. The van der Waals surface area contributed by atoms with Gasteiger partial charge in [-0.1, -0.05) is 0 Å². The standard InChI is InChI=1S/C9H19NO2.H3N/c1-8(2,3)7(11)12-10-9(4,5)6;/h10H,1-6H3;1H3. The van der Waals surface area contributed by atoms with Gasteiger partial charge in [0.15, 0.2) is 0 Å². The van der Waals surface area contributed by atoms with Gasteiger partial charge in [-0.3, -0.25) is 0 Å². The number of carbonyl (C=O) groups excluding carboxylic acids is 1. The van der Waals surface area contributed by atoms with Crippen molar-refractivity contribution in [3.05, 3.63) is 0 Å². The van der Waals surface area contributed by atoms with Crippen LogP contribution in [0.2, 0.25) is 0 Å². The van der Waals surface area contributed by atoms with Crippen LogP contribution < -0.4 is 11.6 Å². The second kappa shape index (κ2) is 4.58. The van der Waals surface area contributed by atoms with Gasteiger partial charge >= 0.3 is 5.97 Å². The summed E-state index contributed by atoms with van der Waals surface area (Å²) in [7, 11) is 0. The molecule has 0 amide bonds. The van der Waals surface area contributed by atoms with Gasteiger partial charge in [0.25, 0.3) is 0 Å². The molecule has 0 unspecified atom stereocenters. The highest BCUT2D eigenvalue weighted by Gasteiger charge is 2.24. The maximum Gasteiger partial charge on any atom is 0.330 e. The van der Waals surface area contributed by atoms with Crippen LogP contribution in [0.3, 0.4) is 0 Å². The third kappa shape index (κ3) is 7.74. The molecule has 0 saturated heterocycles. The predicted octanol–water partition coefficient (Wildman–Crippen LogP) is 2.04. The molecule has 0 aliphatic heterocycles. The summed E-state index contributed by atoms with van der Waals surface area (Å²) in [6.07, 6.45) is 0. The van der Waals surface area contributed by atoms with E-state index in [1.165, 1.54) is 0 Å². The molecule has 80 valence electrons. The number of hydroxylamine groups is 1. The minimum absolute atomic E-state index is 0. The lowest BCUT2D eigenvalue weighted by atomic mass is 9.98. The van der Waals surface area contributed by atoms with E-state index in [0.29, 0.717) is 0 Å². The van der Waals surface area contributed by atoms with Gasteiger partial charge in [0.2, 0.25) is 0 Å². The van der Waals surface area contributed by atoms with E-state index in [2.05, 4.69) is 5.48 Å². The first-order valence-electron chi connectivity index (χ1n) is 4.11. The lowest BCUT2D eigenvalue weighted by molar-refractivity contribution is -0.164. The molecule has 0 aromatic heterocycles. The van der Waals surface area contributed by atoms with Gasteiger partial charge in [0.05, 0.1) is 5.41 Å². The SMILES string of the molecule is CC(C)(C)NOC(=O)C(C)(C)C.N. The van der Waals surface area contributed by atoms with E-state index in [1.54, 1.807) is 0 Å². The molecule has 0 spiro atoms. The molecule has 0 atom stereocenters. The third-order valence-corrected chi connectivity index (χ3v) is 1.06. The van der Waals surface area contributed by atoms with Gasteiger partial charge in [-0.05, 0) is 41.5 Å². The zero-order valence-corrected chi connectivity index (χ0v) is 9.52. The second-order valence-electron chi connectivity index (χ2n) is 4.99. The highest BCUT2D eigenvalue weighted by atomic mass is 16.7. The zero-order chi connectivity index (χ0) is 9.99. The van der Waals surface area contributed by atoms with Crippen molar-refractivity contribution in [1.82, 2.24) is 11.6 Å². The Bertz CT molecular complexity index is 165. The number of rotatable bonds is 1. The van der Waals surface area contributed by atoms with E-state index in [4.69, 9.17) is 4.84 Å². The largest absolute Gasteiger partial charge is 0.370 e. The van der Waals surface area contributed by atoms with E-state index < -0.39 is 5.41 Å². The summed E-state index contributed by atoms with van der Waals surface area (Å²) in [5, 5.41) is 0. The van der Waals surface area contributed by atoms with Crippen molar-refractivity contribution in [2.45, 2.75) is 47.1 Å². The van der Waals surface area contributed by atoms with Crippen molar-refractivity contribution < 1.29 is 9.63 Å². The van der Waals surface area contributed by atoms with Crippen molar-refractivity contribution in [3.8, 4) is 0 Å². The Labute approximate surface area is 80.6 Å². The maximum atomic E-state index is 11.2. The molecule has 0 bridgehead atoms. The van der Waals surface area contributed by atoms with Crippen LogP contribution in [0.15, 0.2) is 0 Å². The van der Waals surface area contributed by atoms with E-state index in [1.807, 2.05) is 41.5 Å². The smallest absolute Gasteiger partial charge is 0.330 e. The van der Waals surface area contributed by atoms with Crippen LogP contribution in [0, 0.1) is 5.41 Å². The molecule has 0 aromatic carbocycles. The summed E-state index contributed by atoms with van der Waals surface area (Å²) in [6.45, 7) is 11.3. The normalized spacial score (nSPS) is 11.8. The molecular formula is C9H22N2O2. The monoisotopic (exact) mass is 190 g/mol. The quantitative estimate of drug-likeness (QED) is 0.620. The van der Waals surface area contributed by atoms with E-state index >= 15 is 0 Å². The molecule has 0 aromatic rings. The number of hydrogen-bond acceptors (Lipinski definition) is 4. The van der Waals surface area contributed by atoms with Crippen LogP contribution in [0.1, 0.15) is 41.5 Å². The summed E-state index contributed by atoms with van der Waals surface area (Å²) in [5.41, 5.74) is 2.04. The Balaban J connectivity index is 0. The average Bonchev–Trinajstić information content (AvgIpc) is 1.78. The lowest BCUT2D eigenvalue weighted by Crippen LogP contribution is -2.40. The number of hydrogen-bond donors (Lipinski definition) is 2. The van der Waals surface area contributed by atoms with Crippen molar-refractivity contribution in [2.24, 2.45) is 5.41 Å². The summed E-state index contributed by atoms with van der Waals surface area (Å²) in [6, 6.07) is 0. The second-order valence-corrected chi connectivity index (χ2v) is 4.99. The van der Waals surface area contributed by atoms with Crippen molar-refractivity contribution >= 4 is 5.97 Å². The molecule has 4 N–H and O–H groups in total. The molecule has 0 aliphatic rings. The minimum Gasteiger partial charge on any atom is -0.370 e. The zero-order valence-electron chi connectivity index (χ0n) is 9.52. The van der Waals surface area contributed by atoms with Gasteiger partial charge in [-0.15, -0.1) is 5.48 Å². The molecular weight excluding hydrogens is 168 g/mol. The average molecular weight is 190 g/mol. The molecule has 0 rings (SSSR count). The first-order valence-corrected chi connectivity index (χ1v) is 4.11. The topological polar surface area (TPSA) is 73.3 Å². The Morgan fingerprint density at radius 1 is 1.08 bits per heavy atom. The molecule has 0 fully saturated rings. The van der Waals surface area contributed by atoms with Crippen LogP contribution in [-0.2, 0) is 9.63 Å². The van der Waals surface area contributed by atoms with Gasteiger partial charge in [-0.25, -0.2) is 4.79 Å². The molecule has 4 nitrogen and oxygen atoms in total. The summed E-state index contributed by atoms with van der Waals surface area (Å²) >= 11 is 0.